The highest BCUT2D eigenvalue weighted by Gasteiger charge is 2.02. The van der Waals surface area contributed by atoms with Crippen LogP contribution in [0.1, 0.15) is 5.56 Å². The van der Waals surface area contributed by atoms with Crippen LogP contribution in [0.15, 0.2) is 42.6 Å². The normalized spacial score (nSPS) is 9.90. The first-order chi connectivity index (χ1) is 9.67. The molecular formula is C14H13ClN2O3. The zero-order valence-electron chi connectivity index (χ0n) is 10.8. The van der Waals surface area contributed by atoms with Gasteiger partial charge in [-0.1, -0.05) is 23.7 Å². The zero-order chi connectivity index (χ0) is 14.4. The molecule has 5 nitrogen and oxygen atoms in total. The molecule has 0 saturated carbocycles. The monoisotopic (exact) mass is 292 g/mol. The number of hydrogen-bond donors (Lipinski definition) is 1. The average molecular weight is 293 g/mol. The highest BCUT2D eigenvalue weighted by molar-refractivity contribution is 6.30. The number of amides is 1. The highest BCUT2D eigenvalue weighted by Crippen LogP contribution is 2.15. The van der Waals surface area contributed by atoms with Crippen LogP contribution in [0.3, 0.4) is 0 Å². The van der Waals surface area contributed by atoms with E-state index < -0.39 is 6.09 Å². The Labute approximate surface area is 121 Å². The Bertz CT molecular complexity index is 570. The quantitative estimate of drug-likeness (QED) is 0.937. The zero-order valence-corrected chi connectivity index (χ0v) is 11.6. The largest absolute Gasteiger partial charge is 0.487 e. The molecule has 1 aromatic heterocycles. The molecule has 2 rings (SSSR count). The topological polar surface area (TPSA) is 60.5 Å². The maximum absolute atomic E-state index is 11.0. The van der Waals surface area contributed by atoms with Crippen LogP contribution in [-0.4, -0.2) is 18.2 Å². The summed E-state index contributed by atoms with van der Waals surface area (Å²) in [6.45, 7) is 0.419. The summed E-state index contributed by atoms with van der Waals surface area (Å²) in [5.74, 6) is 1.01. The first-order valence-corrected chi connectivity index (χ1v) is 6.23. The molecule has 0 spiro atoms. The minimum Gasteiger partial charge on any atom is -0.487 e. The van der Waals surface area contributed by atoms with Crippen molar-refractivity contribution >= 4 is 23.5 Å². The van der Waals surface area contributed by atoms with Gasteiger partial charge in [0.05, 0.1) is 13.3 Å². The van der Waals surface area contributed by atoms with Gasteiger partial charge in [0, 0.05) is 5.02 Å². The Morgan fingerprint density at radius 2 is 2.00 bits per heavy atom. The van der Waals surface area contributed by atoms with E-state index in [1.807, 2.05) is 24.3 Å². The van der Waals surface area contributed by atoms with E-state index in [1.54, 1.807) is 12.1 Å². The number of rotatable bonds is 4. The number of ether oxygens (including phenoxy) is 2. The molecule has 0 aliphatic heterocycles. The first kappa shape index (κ1) is 14.1. The van der Waals surface area contributed by atoms with Crippen molar-refractivity contribution in [2.24, 2.45) is 0 Å². The third kappa shape index (κ3) is 4.13. The van der Waals surface area contributed by atoms with Crippen molar-refractivity contribution in [3.8, 4) is 5.75 Å². The number of halogens is 1. The Balaban J connectivity index is 1.90. The molecule has 1 aromatic carbocycles. The summed E-state index contributed by atoms with van der Waals surface area (Å²) in [6, 6.07) is 10.7. The lowest BCUT2D eigenvalue weighted by atomic mass is 10.2. The number of aromatic nitrogens is 1. The molecule has 0 radical (unpaired) electrons. The summed E-state index contributed by atoms with van der Waals surface area (Å²) in [5.41, 5.74) is 1.01. The summed E-state index contributed by atoms with van der Waals surface area (Å²) in [6.07, 6.45) is 0.966. The predicted octanol–water partition coefficient (Wildman–Crippen LogP) is 3.49. The van der Waals surface area contributed by atoms with Gasteiger partial charge in [0.25, 0.3) is 0 Å². The van der Waals surface area contributed by atoms with E-state index in [4.69, 9.17) is 16.3 Å². The highest BCUT2D eigenvalue weighted by atomic mass is 35.5. The van der Waals surface area contributed by atoms with Gasteiger partial charge >= 0.3 is 6.09 Å². The second-order valence-corrected chi connectivity index (χ2v) is 4.35. The number of hydrogen-bond acceptors (Lipinski definition) is 4. The molecule has 0 unspecified atom stereocenters. The average Bonchev–Trinajstić information content (AvgIpc) is 2.48. The van der Waals surface area contributed by atoms with Gasteiger partial charge in [0.2, 0.25) is 0 Å². The number of nitrogens with zero attached hydrogens (tertiary/aromatic N) is 1. The fourth-order valence-corrected chi connectivity index (χ4v) is 1.57. The molecule has 104 valence electrons. The van der Waals surface area contributed by atoms with E-state index in [2.05, 4.69) is 15.0 Å². The van der Waals surface area contributed by atoms with Crippen LogP contribution in [0.25, 0.3) is 0 Å². The minimum absolute atomic E-state index is 0.399. The number of anilines is 1. The molecule has 1 heterocycles. The Morgan fingerprint density at radius 1 is 1.25 bits per heavy atom. The van der Waals surface area contributed by atoms with Gasteiger partial charge in [-0.15, -0.1) is 0 Å². The van der Waals surface area contributed by atoms with Gasteiger partial charge in [-0.05, 0) is 29.8 Å². The van der Waals surface area contributed by atoms with E-state index in [9.17, 15) is 4.79 Å². The predicted molar refractivity (Wildman–Crippen MR) is 76.0 cm³/mol. The lowest BCUT2D eigenvalue weighted by Crippen LogP contribution is -2.11. The molecular weight excluding hydrogens is 280 g/mol. The Morgan fingerprint density at radius 3 is 2.60 bits per heavy atom. The molecule has 0 fully saturated rings. The molecule has 0 aliphatic rings. The van der Waals surface area contributed by atoms with Crippen molar-refractivity contribution in [3.05, 3.63) is 53.2 Å². The van der Waals surface area contributed by atoms with Gasteiger partial charge in [0.1, 0.15) is 18.2 Å². The maximum atomic E-state index is 11.0. The van der Waals surface area contributed by atoms with Crippen molar-refractivity contribution < 1.29 is 14.3 Å². The standard InChI is InChI=1S/C14H13ClN2O3/c1-19-14(18)17-13-7-6-12(8-16-13)20-9-10-2-4-11(15)5-3-10/h2-8H,9H2,1H3,(H,16,17,18). The lowest BCUT2D eigenvalue weighted by molar-refractivity contribution is 0.187. The van der Waals surface area contributed by atoms with E-state index in [-0.39, 0.29) is 0 Å². The molecule has 2 aromatic rings. The second-order valence-electron chi connectivity index (χ2n) is 3.91. The second kappa shape index (κ2) is 6.77. The van der Waals surface area contributed by atoms with Crippen LogP contribution in [0.4, 0.5) is 10.6 Å². The summed E-state index contributed by atoms with van der Waals surface area (Å²) >= 11 is 5.80. The molecule has 1 amide bonds. The van der Waals surface area contributed by atoms with E-state index in [0.29, 0.717) is 23.2 Å². The van der Waals surface area contributed by atoms with Gasteiger partial charge in [-0.25, -0.2) is 9.78 Å². The number of benzene rings is 1. The van der Waals surface area contributed by atoms with Crippen molar-refractivity contribution in [2.45, 2.75) is 6.61 Å². The van der Waals surface area contributed by atoms with Gasteiger partial charge in [-0.2, -0.15) is 0 Å². The molecule has 6 heteroatoms. The molecule has 0 aliphatic carbocycles. The number of nitrogens with one attached hydrogen (secondary N) is 1. The molecule has 0 bridgehead atoms. The fourth-order valence-electron chi connectivity index (χ4n) is 1.44. The summed E-state index contributed by atoms with van der Waals surface area (Å²) in [4.78, 5) is 15.0. The smallest absolute Gasteiger partial charge is 0.412 e. The van der Waals surface area contributed by atoms with E-state index in [1.165, 1.54) is 13.3 Å². The Kier molecular flexibility index (Phi) is 4.79. The third-order valence-corrected chi connectivity index (χ3v) is 2.72. The summed E-state index contributed by atoms with van der Waals surface area (Å²) in [5, 5.41) is 3.14. The first-order valence-electron chi connectivity index (χ1n) is 5.85. The van der Waals surface area contributed by atoms with Crippen LogP contribution in [0, 0.1) is 0 Å². The SMILES string of the molecule is COC(=O)Nc1ccc(OCc2ccc(Cl)cc2)cn1. The number of carbonyl (C=O) groups is 1. The van der Waals surface area contributed by atoms with Crippen LogP contribution in [-0.2, 0) is 11.3 Å². The summed E-state index contributed by atoms with van der Waals surface area (Å²) in [7, 11) is 1.29. The Hall–Kier alpha value is -2.27. The minimum atomic E-state index is -0.563. The maximum Gasteiger partial charge on any atom is 0.412 e. The van der Waals surface area contributed by atoms with E-state index >= 15 is 0 Å². The van der Waals surface area contributed by atoms with Crippen LogP contribution in [0.2, 0.25) is 5.02 Å². The number of methoxy groups -OCH3 is 1. The van der Waals surface area contributed by atoms with Crippen LogP contribution in [0.5, 0.6) is 5.75 Å². The van der Waals surface area contributed by atoms with Gasteiger partial charge in [-0.3, -0.25) is 5.32 Å². The van der Waals surface area contributed by atoms with Crippen LogP contribution >= 0.6 is 11.6 Å². The van der Waals surface area contributed by atoms with Crippen molar-refractivity contribution in [3.63, 3.8) is 0 Å². The van der Waals surface area contributed by atoms with Gasteiger partial charge < -0.3 is 9.47 Å². The fraction of sp³-hybridized carbons (Fsp3) is 0.143. The van der Waals surface area contributed by atoms with Crippen LogP contribution < -0.4 is 10.1 Å². The lowest BCUT2D eigenvalue weighted by Gasteiger charge is -2.07. The molecule has 0 atom stereocenters. The third-order valence-electron chi connectivity index (χ3n) is 2.47. The van der Waals surface area contributed by atoms with Crippen molar-refractivity contribution in [2.75, 3.05) is 12.4 Å². The van der Waals surface area contributed by atoms with E-state index in [0.717, 1.165) is 5.56 Å². The summed E-state index contributed by atoms with van der Waals surface area (Å²) < 4.78 is 10.0. The molecule has 1 N–H and O–H groups in total. The molecule has 0 saturated heterocycles. The molecule has 20 heavy (non-hydrogen) atoms. The van der Waals surface area contributed by atoms with Crippen molar-refractivity contribution in [1.82, 2.24) is 4.98 Å². The number of pyridine rings is 1. The van der Waals surface area contributed by atoms with Gasteiger partial charge in [0.15, 0.2) is 0 Å². The number of carbonyl (C=O) groups excluding carboxylic acids is 1. The van der Waals surface area contributed by atoms with Crippen molar-refractivity contribution in [1.29, 1.82) is 0 Å².